The third-order valence-corrected chi connectivity index (χ3v) is 4.75. The Morgan fingerprint density at radius 2 is 1.97 bits per heavy atom. The average molecular weight is 400 g/mol. The number of nitrogens with one attached hydrogen (secondary N) is 1. The lowest BCUT2D eigenvalue weighted by atomic mass is 9.91. The molecule has 1 aliphatic rings. The predicted octanol–water partition coefficient (Wildman–Crippen LogP) is 2.42. The highest BCUT2D eigenvalue weighted by molar-refractivity contribution is 5.90. The fraction of sp³-hybridized carbons (Fsp3) is 0.333. The SMILES string of the molecule is COC(=O)/C=C(\C)NC1C(=O)N(Cc2ccc(OC)c(OC)c2)C1c1ccco1. The molecule has 2 heterocycles. The van der Waals surface area contributed by atoms with E-state index >= 15 is 0 Å². The van der Waals surface area contributed by atoms with E-state index < -0.39 is 12.0 Å². The molecule has 1 aliphatic heterocycles. The lowest BCUT2D eigenvalue weighted by Crippen LogP contribution is -2.63. The molecule has 1 aromatic carbocycles. The molecule has 154 valence electrons. The number of amides is 1. The normalized spacial score (nSPS) is 18.8. The molecule has 3 rings (SSSR count). The van der Waals surface area contributed by atoms with E-state index in [1.165, 1.54) is 13.2 Å². The summed E-state index contributed by atoms with van der Waals surface area (Å²) < 4.78 is 20.8. The molecule has 1 N–H and O–H groups in total. The van der Waals surface area contributed by atoms with Crippen molar-refractivity contribution in [2.24, 2.45) is 0 Å². The minimum atomic E-state index is -0.540. The Bertz CT molecular complexity index is 906. The van der Waals surface area contributed by atoms with Gasteiger partial charge in [0.05, 0.1) is 27.6 Å². The van der Waals surface area contributed by atoms with E-state index in [0.29, 0.717) is 29.5 Å². The van der Waals surface area contributed by atoms with Crippen molar-refractivity contribution in [3.8, 4) is 11.5 Å². The molecular formula is C21H24N2O6. The number of allylic oxidation sites excluding steroid dienone is 1. The number of carbonyl (C=O) groups is 2. The molecule has 1 saturated heterocycles. The van der Waals surface area contributed by atoms with Crippen molar-refractivity contribution in [3.63, 3.8) is 0 Å². The van der Waals surface area contributed by atoms with Crippen LogP contribution in [0.1, 0.15) is 24.3 Å². The summed E-state index contributed by atoms with van der Waals surface area (Å²) in [6, 6.07) is 8.28. The number of furan rings is 1. The monoisotopic (exact) mass is 400 g/mol. The van der Waals surface area contributed by atoms with E-state index in [9.17, 15) is 9.59 Å². The number of esters is 1. The summed E-state index contributed by atoms with van der Waals surface area (Å²) in [5, 5.41) is 3.09. The molecule has 1 aromatic heterocycles. The van der Waals surface area contributed by atoms with Gasteiger partial charge in [0.2, 0.25) is 5.91 Å². The number of carbonyl (C=O) groups excluding carboxylic acids is 2. The van der Waals surface area contributed by atoms with Crippen LogP contribution in [0.4, 0.5) is 0 Å². The van der Waals surface area contributed by atoms with E-state index in [0.717, 1.165) is 5.56 Å². The van der Waals surface area contributed by atoms with E-state index in [1.54, 1.807) is 44.4 Å². The van der Waals surface area contributed by atoms with Crippen molar-refractivity contribution in [1.82, 2.24) is 10.2 Å². The van der Waals surface area contributed by atoms with Crippen LogP contribution in [0, 0.1) is 0 Å². The minimum absolute atomic E-state index is 0.0983. The summed E-state index contributed by atoms with van der Waals surface area (Å²) in [7, 11) is 4.44. The maximum absolute atomic E-state index is 12.9. The van der Waals surface area contributed by atoms with Crippen LogP contribution < -0.4 is 14.8 Å². The van der Waals surface area contributed by atoms with Crippen molar-refractivity contribution in [2.45, 2.75) is 25.6 Å². The Labute approximate surface area is 169 Å². The average Bonchev–Trinajstić information content (AvgIpc) is 3.25. The summed E-state index contributed by atoms with van der Waals surface area (Å²) in [5.41, 5.74) is 1.44. The van der Waals surface area contributed by atoms with Crippen LogP contribution in [0.15, 0.2) is 52.8 Å². The molecule has 0 bridgehead atoms. The fourth-order valence-corrected chi connectivity index (χ4v) is 3.34. The Morgan fingerprint density at radius 1 is 1.21 bits per heavy atom. The standard InChI is InChI=1S/C21H24N2O6/c1-13(10-18(24)28-4)22-19-20(16-6-5-9-29-16)23(21(19)25)12-14-7-8-15(26-2)17(11-14)27-3/h5-11,19-20,22H,12H2,1-4H3/b13-10+. The molecule has 0 saturated carbocycles. The predicted molar refractivity (Wildman–Crippen MR) is 104 cm³/mol. The van der Waals surface area contributed by atoms with Crippen molar-refractivity contribution < 1.29 is 28.2 Å². The molecule has 2 unspecified atom stereocenters. The highest BCUT2D eigenvalue weighted by atomic mass is 16.5. The minimum Gasteiger partial charge on any atom is -0.493 e. The Kier molecular flexibility index (Phi) is 6.11. The second-order valence-electron chi connectivity index (χ2n) is 6.59. The van der Waals surface area contributed by atoms with E-state index in [1.807, 2.05) is 18.2 Å². The van der Waals surface area contributed by atoms with Crippen LogP contribution in [0.25, 0.3) is 0 Å². The van der Waals surface area contributed by atoms with Gasteiger partial charge in [-0.05, 0) is 36.8 Å². The van der Waals surface area contributed by atoms with Crippen LogP contribution in [0.3, 0.4) is 0 Å². The molecular weight excluding hydrogens is 376 g/mol. The van der Waals surface area contributed by atoms with Gasteiger partial charge < -0.3 is 28.8 Å². The van der Waals surface area contributed by atoms with Crippen LogP contribution in [0.5, 0.6) is 11.5 Å². The molecule has 0 radical (unpaired) electrons. The summed E-state index contributed by atoms with van der Waals surface area (Å²) in [4.78, 5) is 26.0. The molecule has 2 atom stereocenters. The topological polar surface area (TPSA) is 90.2 Å². The van der Waals surface area contributed by atoms with Crippen molar-refractivity contribution in [3.05, 3.63) is 59.7 Å². The number of methoxy groups -OCH3 is 3. The quantitative estimate of drug-likeness (QED) is 0.413. The zero-order valence-electron chi connectivity index (χ0n) is 16.8. The van der Waals surface area contributed by atoms with Crippen molar-refractivity contribution in [1.29, 1.82) is 0 Å². The Morgan fingerprint density at radius 3 is 2.59 bits per heavy atom. The number of nitrogens with zero attached hydrogens (tertiary/aromatic N) is 1. The highest BCUT2D eigenvalue weighted by Crippen LogP contribution is 2.38. The van der Waals surface area contributed by atoms with Gasteiger partial charge in [0.15, 0.2) is 11.5 Å². The Balaban J connectivity index is 1.81. The number of benzene rings is 1. The maximum Gasteiger partial charge on any atom is 0.332 e. The summed E-state index contributed by atoms with van der Waals surface area (Å²) >= 11 is 0. The number of ether oxygens (including phenoxy) is 3. The molecule has 8 nitrogen and oxygen atoms in total. The number of likely N-dealkylation sites (tertiary alicyclic amines) is 1. The number of β-lactam (4-membered cyclic amide) rings is 1. The molecule has 2 aromatic rings. The zero-order valence-corrected chi connectivity index (χ0v) is 16.8. The molecule has 1 fully saturated rings. The summed E-state index contributed by atoms with van der Waals surface area (Å²) in [5.74, 6) is 1.29. The van der Waals surface area contributed by atoms with Gasteiger partial charge in [-0.3, -0.25) is 4.79 Å². The fourth-order valence-electron chi connectivity index (χ4n) is 3.34. The largest absolute Gasteiger partial charge is 0.493 e. The van der Waals surface area contributed by atoms with E-state index in [4.69, 9.17) is 13.9 Å². The first-order chi connectivity index (χ1) is 14.0. The van der Waals surface area contributed by atoms with Gasteiger partial charge in [-0.2, -0.15) is 0 Å². The molecule has 0 aliphatic carbocycles. The second kappa shape index (κ2) is 8.72. The molecule has 1 amide bonds. The Hall–Kier alpha value is -3.42. The van der Waals surface area contributed by atoms with Gasteiger partial charge in [-0.1, -0.05) is 6.07 Å². The second-order valence-corrected chi connectivity index (χ2v) is 6.59. The molecule has 0 spiro atoms. The van der Waals surface area contributed by atoms with Gasteiger partial charge >= 0.3 is 5.97 Å². The van der Waals surface area contributed by atoms with E-state index in [-0.39, 0.29) is 11.9 Å². The lowest BCUT2D eigenvalue weighted by Gasteiger charge is -2.46. The van der Waals surface area contributed by atoms with Gasteiger partial charge in [-0.25, -0.2) is 4.79 Å². The van der Waals surface area contributed by atoms with Gasteiger partial charge in [-0.15, -0.1) is 0 Å². The summed E-state index contributed by atoms with van der Waals surface area (Å²) in [6.45, 7) is 2.09. The first kappa shape index (κ1) is 20.3. The van der Waals surface area contributed by atoms with Gasteiger partial charge in [0, 0.05) is 18.3 Å². The number of rotatable bonds is 8. The molecule has 8 heteroatoms. The van der Waals surface area contributed by atoms with Crippen LogP contribution >= 0.6 is 0 Å². The van der Waals surface area contributed by atoms with Crippen molar-refractivity contribution >= 4 is 11.9 Å². The van der Waals surface area contributed by atoms with E-state index in [2.05, 4.69) is 10.1 Å². The lowest BCUT2D eigenvalue weighted by molar-refractivity contribution is -0.153. The van der Waals surface area contributed by atoms with Crippen molar-refractivity contribution in [2.75, 3.05) is 21.3 Å². The number of hydrogen-bond acceptors (Lipinski definition) is 7. The van der Waals surface area contributed by atoms with Crippen LogP contribution in [-0.4, -0.2) is 44.1 Å². The smallest absolute Gasteiger partial charge is 0.332 e. The molecule has 29 heavy (non-hydrogen) atoms. The maximum atomic E-state index is 12.9. The first-order valence-electron chi connectivity index (χ1n) is 9.06. The van der Waals surface area contributed by atoms with Crippen LogP contribution in [-0.2, 0) is 20.9 Å². The zero-order chi connectivity index (χ0) is 21.0. The van der Waals surface area contributed by atoms with Gasteiger partial charge in [0.25, 0.3) is 0 Å². The highest BCUT2D eigenvalue weighted by Gasteiger charge is 2.49. The third-order valence-electron chi connectivity index (χ3n) is 4.75. The van der Waals surface area contributed by atoms with Crippen LogP contribution in [0.2, 0.25) is 0 Å². The first-order valence-corrected chi connectivity index (χ1v) is 9.06. The van der Waals surface area contributed by atoms with Gasteiger partial charge in [0.1, 0.15) is 17.8 Å². The third kappa shape index (κ3) is 4.21. The summed E-state index contributed by atoms with van der Waals surface area (Å²) in [6.07, 6.45) is 2.88. The number of hydrogen-bond donors (Lipinski definition) is 1.